The van der Waals surface area contributed by atoms with Gasteiger partial charge >= 0.3 is 12.1 Å². The molecule has 1 aromatic carbocycles. The van der Waals surface area contributed by atoms with E-state index < -0.39 is 22.8 Å². The summed E-state index contributed by atoms with van der Waals surface area (Å²) >= 11 is 3.44. The van der Waals surface area contributed by atoms with Gasteiger partial charge in [0.25, 0.3) is 0 Å². The van der Waals surface area contributed by atoms with Gasteiger partial charge in [-0.2, -0.15) is 0 Å². The highest BCUT2D eigenvalue weighted by molar-refractivity contribution is 9.10. The molecule has 1 N–H and O–H groups in total. The Bertz CT molecular complexity index is 765. The van der Waals surface area contributed by atoms with Crippen LogP contribution in [0.1, 0.15) is 52.0 Å². The van der Waals surface area contributed by atoms with Crippen molar-refractivity contribution in [3.63, 3.8) is 0 Å². The van der Waals surface area contributed by atoms with Crippen molar-refractivity contribution in [2.45, 2.75) is 63.3 Å². The molecule has 1 saturated heterocycles. The van der Waals surface area contributed by atoms with Gasteiger partial charge in [-0.3, -0.25) is 0 Å². The second kappa shape index (κ2) is 8.85. The van der Waals surface area contributed by atoms with Crippen LogP contribution in [0.2, 0.25) is 0 Å². The molecule has 0 atom stereocenters. The zero-order valence-corrected chi connectivity index (χ0v) is 19.4. The Balaban J connectivity index is 1.74. The average molecular weight is 484 g/mol. The molecule has 1 heterocycles. The van der Waals surface area contributed by atoms with E-state index in [4.69, 9.17) is 19.3 Å². The van der Waals surface area contributed by atoms with Gasteiger partial charge in [-0.15, -0.1) is 0 Å². The highest BCUT2D eigenvalue weighted by atomic mass is 79.9. The first kappa shape index (κ1) is 23.0. The van der Waals surface area contributed by atoms with E-state index in [0.29, 0.717) is 45.4 Å². The predicted molar refractivity (Wildman–Crippen MR) is 114 cm³/mol. The highest BCUT2D eigenvalue weighted by Crippen LogP contribution is 2.46. The SMILES string of the molecule is CC(C)(C)OC(=O)N1CCOC2(CCC(OCC(=O)O)(c3ccc(Br)cc3)CC2)C1. The first-order valence-electron chi connectivity index (χ1n) is 10.3. The van der Waals surface area contributed by atoms with Gasteiger partial charge in [0, 0.05) is 11.0 Å². The third kappa shape index (κ3) is 5.53. The fourth-order valence-corrected chi connectivity index (χ4v) is 4.47. The summed E-state index contributed by atoms with van der Waals surface area (Å²) in [7, 11) is 0. The number of carboxylic acid groups (broad SMARTS) is 1. The van der Waals surface area contributed by atoms with Crippen LogP contribution in [0.4, 0.5) is 4.79 Å². The second-order valence-electron chi connectivity index (χ2n) is 9.12. The summed E-state index contributed by atoms with van der Waals surface area (Å²) in [6.45, 7) is 6.64. The van der Waals surface area contributed by atoms with Crippen molar-refractivity contribution in [1.29, 1.82) is 0 Å². The number of nitrogens with zero attached hydrogens (tertiary/aromatic N) is 1. The quantitative estimate of drug-likeness (QED) is 0.685. The second-order valence-corrected chi connectivity index (χ2v) is 10.0. The fourth-order valence-electron chi connectivity index (χ4n) is 4.21. The highest BCUT2D eigenvalue weighted by Gasteiger charge is 2.48. The van der Waals surface area contributed by atoms with Crippen LogP contribution in [0.5, 0.6) is 0 Å². The first-order valence-corrected chi connectivity index (χ1v) is 11.1. The van der Waals surface area contributed by atoms with E-state index in [9.17, 15) is 9.59 Å². The largest absolute Gasteiger partial charge is 0.480 e. The number of carboxylic acids is 1. The molecule has 1 aliphatic heterocycles. The van der Waals surface area contributed by atoms with Gasteiger partial charge in [-0.1, -0.05) is 28.1 Å². The van der Waals surface area contributed by atoms with Crippen LogP contribution in [0.25, 0.3) is 0 Å². The number of rotatable bonds is 4. The number of ether oxygens (including phenoxy) is 3. The van der Waals surface area contributed by atoms with Gasteiger partial charge in [0.05, 0.1) is 24.4 Å². The summed E-state index contributed by atoms with van der Waals surface area (Å²) in [5.74, 6) is -0.989. The van der Waals surface area contributed by atoms with Gasteiger partial charge in [-0.05, 0) is 64.2 Å². The molecule has 166 valence electrons. The van der Waals surface area contributed by atoms with Crippen molar-refractivity contribution < 1.29 is 28.9 Å². The van der Waals surface area contributed by atoms with Gasteiger partial charge < -0.3 is 24.2 Å². The Morgan fingerprint density at radius 2 is 1.80 bits per heavy atom. The van der Waals surface area contributed by atoms with Gasteiger partial charge in [0.2, 0.25) is 0 Å². The molecule has 30 heavy (non-hydrogen) atoms. The van der Waals surface area contributed by atoms with Crippen LogP contribution < -0.4 is 0 Å². The van der Waals surface area contributed by atoms with Crippen molar-refractivity contribution in [1.82, 2.24) is 4.90 Å². The summed E-state index contributed by atoms with van der Waals surface area (Å²) in [5.41, 5.74) is -0.722. The minimum absolute atomic E-state index is 0.322. The smallest absolute Gasteiger partial charge is 0.410 e. The maximum atomic E-state index is 12.6. The predicted octanol–water partition coefficient (Wildman–Crippen LogP) is 4.33. The standard InChI is InChI=1S/C22H30BrNO6/c1-20(2,3)30-19(27)24-12-13-28-21(15-24)8-10-22(11-9-21,29-14-18(25)26)16-4-6-17(23)7-5-16/h4-7H,8-15H2,1-3H3,(H,25,26). The lowest BCUT2D eigenvalue weighted by Gasteiger charge is -2.49. The Hall–Kier alpha value is -1.64. The molecule has 2 aliphatic rings. The number of morpholine rings is 1. The topological polar surface area (TPSA) is 85.3 Å². The van der Waals surface area contributed by atoms with Crippen LogP contribution in [-0.4, -0.2) is 59.6 Å². The minimum atomic E-state index is -0.989. The lowest BCUT2D eigenvalue weighted by molar-refractivity contribution is -0.177. The number of benzene rings is 1. The number of aliphatic carboxylic acids is 1. The summed E-state index contributed by atoms with van der Waals surface area (Å²) < 4.78 is 18.6. The van der Waals surface area contributed by atoms with Crippen LogP contribution >= 0.6 is 15.9 Å². The maximum Gasteiger partial charge on any atom is 0.410 e. The third-order valence-corrected chi connectivity index (χ3v) is 6.24. The van der Waals surface area contributed by atoms with E-state index >= 15 is 0 Å². The number of carbonyl (C=O) groups is 2. The molecule has 1 amide bonds. The normalized spacial score (nSPS) is 27.1. The molecule has 1 aliphatic carbocycles. The number of hydrogen-bond donors (Lipinski definition) is 1. The van der Waals surface area contributed by atoms with Gasteiger partial charge in [0.15, 0.2) is 0 Å². The molecule has 2 fully saturated rings. The van der Waals surface area contributed by atoms with Crippen LogP contribution in [0, 0.1) is 0 Å². The van der Waals surface area contributed by atoms with Gasteiger partial charge in [-0.25, -0.2) is 9.59 Å². The van der Waals surface area contributed by atoms with E-state index in [1.54, 1.807) is 4.90 Å². The Labute approximate surface area is 185 Å². The molecular formula is C22H30BrNO6. The number of carbonyl (C=O) groups excluding carboxylic acids is 1. The minimum Gasteiger partial charge on any atom is -0.480 e. The monoisotopic (exact) mass is 483 g/mol. The Morgan fingerprint density at radius 3 is 2.37 bits per heavy atom. The molecule has 0 aromatic heterocycles. The summed E-state index contributed by atoms with van der Waals surface area (Å²) in [6, 6.07) is 7.82. The fraction of sp³-hybridized carbons (Fsp3) is 0.636. The van der Waals surface area contributed by atoms with E-state index in [-0.39, 0.29) is 12.7 Å². The van der Waals surface area contributed by atoms with E-state index in [0.717, 1.165) is 10.0 Å². The summed E-state index contributed by atoms with van der Waals surface area (Å²) in [4.78, 5) is 25.5. The summed E-state index contributed by atoms with van der Waals surface area (Å²) in [5, 5.41) is 9.17. The van der Waals surface area contributed by atoms with E-state index in [2.05, 4.69) is 15.9 Å². The maximum absolute atomic E-state index is 12.6. The van der Waals surface area contributed by atoms with Crippen LogP contribution in [0.3, 0.4) is 0 Å². The molecule has 1 saturated carbocycles. The van der Waals surface area contributed by atoms with Crippen LogP contribution in [0.15, 0.2) is 28.7 Å². The lowest BCUT2D eigenvalue weighted by Crippen LogP contribution is -2.57. The molecule has 0 radical (unpaired) electrons. The molecule has 0 bridgehead atoms. The lowest BCUT2D eigenvalue weighted by atomic mass is 9.72. The van der Waals surface area contributed by atoms with Crippen molar-refractivity contribution in [2.75, 3.05) is 26.3 Å². The molecule has 7 nitrogen and oxygen atoms in total. The van der Waals surface area contributed by atoms with E-state index in [1.807, 2.05) is 45.0 Å². The van der Waals surface area contributed by atoms with Crippen molar-refractivity contribution in [2.24, 2.45) is 0 Å². The number of amides is 1. The molecule has 8 heteroatoms. The van der Waals surface area contributed by atoms with Crippen molar-refractivity contribution in [3.05, 3.63) is 34.3 Å². The first-order chi connectivity index (χ1) is 14.0. The zero-order chi connectivity index (χ0) is 22.0. The average Bonchev–Trinajstić information content (AvgIpc) is 2.67. The van der Waals surface area contributed by atoms with Crippen molar-refractivity contribution >= 4 is 28.0 Å². The molecule has 0 unspecified atom stereocenters. The van der Waals surface area contributed by atoms with Crippen molar-refractivity contribution in [3.8, 4) is 0 Å². The molecular weight excluding hydrogens is 454 g/mol. The van der Waals surface area contributed by atoms with Crippen LogP contribution in [-0.2, 0) is 24.6 Å². The molecule has 1 aromatic rings. The number of hydrogen-bond acceptors (Lipinski definition) is 5. The van der Waals surface area contributed by atoms with E-state index in [1.165, 1.54) is 0 Å². The zero-order valence-electron chi connectivity index (χ0n) is 17.8. The number of halogens is 1. The van der Waals surface area contributed by atoms with Gasteiger partial charge in [0.1, 0.15) is 12.2 Å². The molecule has 1 spiro atoms. The third-order valence-electron chi connectivity index (χ3n) is 5.71. The Morgan fingerprint density at radius 1 is 1.17 bits per heavy atom. The Kier molecular flexibility index (Phi) is 6.79. The molecule has 3 rings (SSSR count). The summed E-state index contributed by atoms with van der Waals surface area (Å²) in [6.07, 6.45) is 2.25.